The Hall–Kier alpha value is -2.07. The topological polar surface area (TPSA) is 55.2 Å². The third kappa shape index (κ3) is 3.48. The summed E-state index contributed by atoms with van der Waals surface area (Å²) in [6.07, 6.45) is 0. The average Bonchev–Trinajstić information content (AvgIpc) is 2.45. The predicted molar refractivity (Wildman–Crippen MR) is 81.5 cm³/mol. The molecule has 5 heteroatoms. The average molecular weight is 291 g/mol. The van der Waals surface area contributed by atoms with E-state index in [1.807, 2.05) is 30.3 Å². The fourth-order valence-corrected chi connectivity index (χ4v) is 2.14. The number of benzene rings is 2. The van der Waals surface area contributed by atoms with Crippen molar-refractivity contribution in [3.8, 4) is 0 Å². The minimum Gasteiger partial charge on any atom is -0.379 e. The fraction of sp³-hybridized carbons (Fsp3) is 0.200. The van der Waals surface area contributed by atoms with Gasteiger partial charge in [0.1, 0.15) is 5.69 Å². The molecule has 2 rings (SSSR count). The maximum atomic E-state index is 11.0. The van der Waals surface area contributed by atoms with E-state index in [0.717, 1.165) is 0 Å². The number of hydrogen-bond donors (Lipinski definition) is 1. The fourth-order valence-electron chi connectivity index (χ4n) is 1.97. The molecule has 0 spiro atoms. The van der Waals surface area contributed by atoms with Crippen LogP contribution in [-0.4, -0.2) is 11.5 Å². The molecule has 0 aliphatic rings. The van der Waals surface area contributed by atoms with Gasteiger partial charge in [0.25, 0.3) is 5.69 Å². The molecule has 0 aliphatic carbocycles. The molecule has 0 amide bonds. The lowest BCUT2D eigenvalue weighted by molar-refractivity contribution is -0.384. The molecular formula is C15H15ClN2O2. The number of hydrogen-bond acceptors (Lipinski definition) is 3. The van der Waals surface area contributed by atoms with E-state index in [-0.39, 0.29) is 11.6 Å². The van der Waals surface area contributed by atoms with Crippen LogP contribution in [-0.2, 0) is 0 Å². The lowest BCUT2D eigenvalue weighted by Gasteiger charge is -2.14. The summed E-state index contributed by atoms with van der Waals surface area (Å²) in [7, 11) is 0. The summed E-state index contributed by atoms with van der Waals surface area (Å²) in [4.78, 5) is 10.6. The van der Waals surface area contributed by atoms with Crippen LogP contribution < -0.4 is 5.32 Å². The van der Waals surface area contributed by atoms with Crippen molar-refractivity contribution in [2.45, 2.75) is 12.8 Å². The zero-order chi connectivity index (χ0) is 14.5. The molecule has 1 atom stereocenters. The Morgan fingerprint density at radius 3 is 2.60 bits per heavy atom. The van der Waals surface area contributed by atoms with Crippen molar-refractivity contribution in [1.29, 1.82) is 0 Å². The first-order valence-electron chi connectivity index (χ1n) is 6.30. The lowest BCUT2D eigenvalue weighted by atomic mass is 10.0. The van der Waals surface area contributed by atoms with Crippen LogP contribution in [0, 0.1) is 10.1 Å². The first-order chi connectivity index (χ1) is 9.58. The van der Waals surface area contributed by atoms with Crippen LogP contribution in [0.1, 0.15) is 18.4 Å². The number of anilines is 1. The van der Waals surface area contributed by atoms with E-state index in [0.29, 0.717) is 17.3 Å². The monoisotopic (exact) mass is 290 g/mol. The number of nitrogens with one attached hydrogen (secondary N) is 1. The van der Waals surface area contributed by atoms with E-state index in [1.54, 1.807) is 6.07 Å². The number of nitrogens with zero attached hydrogens (tertiary/aromatic N) is 1. The van der Waals surface area contributed by atoms with Gasteiger partial charge in [-0.1, -0.05) is 48.9 Å². The third-order valence-electron chi connectivity index (χ3n) is 3.12. The zero-order valence-corrected chi connectivity index (χ0v) is 11.8. The third-order valence-corrected chi connectivity index (χ3v) is 3.36. The van der Waals surface area contributed by atoms with Gasteiger partial charge in [0.2, 0.25) is 0 Å². The van der Waals surface area contributed by atoms with Gasteiger partial charge in [0.15, 0.2) is 0 Å². The number of rotatable bonds is 5. The highest BCUT2D eigenvalue weighted by atomic mass is 35.5. The van der Waals surface area contributed by atoms with E-state index in [1.165, 1.54) is 17.7 Å². The Kier molecular flexibility index (Phi) is 4.58. The molecule has 0 bridgehead atoms. The SMILES string of the molecule is CC(CNc1cc(Cl)ccc1[N+](=O)[O-])c1ccccc1. The second kappa shape index (κ2) is 6.39. The van der Waals surface area contributed by atoms with Gasteiger partial charge in [-0.15, -0.1) is 0 Å². The largest absolute Gasteiger partial charge is 0.379 e. The Bertz CT molecular complexity index is 602. The molecule has 2 aromatic carbocycles. The maximum absolute atomic E-state index is 11.0. The van der Waals surface area contributed by atoms with Crippen molar-refractivity contribution < 1.29 is 4.92 Å². The van der Waals surface area contributed by atoms with Gasteiger partial charge >= 0.3 is 0 Å². The molecule has 1 N–H and O–H groups in total. The lowest BCUT2D eigenvalue weighted by Crippen LogP contribution is -2.11. The van der Waals surface area contributed by atoms with Gasteiger partial charge in [-0.3, -0.25) is 10.1 Å². The van der Waals surface area contributed by atoms with Gasteiger partial charge in [-0.25, -0.2) is 0 Å². The smallest absolute Gasteiger partial charge is 0.292 e. The molecule has 0 saturated carbocycles. The van der Waals surface area contributed by atoms with Crippen LogP contribution in [0.3, 0.4) is 0 Å². The zero-order valence-electron chi connectivity index (χ0n) is 11.0. The molecule has 0 aliphatic heterocycles. The Morgan fingerprint density at radius 2 is 1.95 bits per heavy atom. The minimum absolute atomic E-state index is 0.0367. The van der Waals surface area contributed by atoms with Crippen LogP contribution in [0.2, 0.25) is 5.02 Å². The second-order valence-corrected chi connectivity index (χ2v) is 5.05. The molecule has 2 aromatic rings. The number of nitro groups is 1. The van der Waals surface area contributed by atoms with Gasteiger partial charge in [-0.05, 0) is 23.6 Å². The highest BCUT2D eigenvalue weighted by Gasteiger charge is 2.14. The van der Waals surface area contributed by atoms with Crippen LogP contribution >= 0.6 is 11.6 Å². The molecule has 4 nitrogen and oxygen atoms in total. The molecule has 20 heavy (non-hydrogen) atoms. The van der Waals surface area contributed by atoms with Crippen LogP contribution in [0.5, 0.6) is 0 Å². The molecule has 0 aromatic heterocycles. The number of halogens is 1. The van der Waals surface area contributed by atoms with Crippen molar-refractivity contribution >= 4 is 23.0 Å². The molecule has 0 saturated heterocycles. The Morgan fingerprint density at radius 1 is 1.25 bits per heavy atom. The summed E-state index contributed by atoms with van der Waals surface area (Å²) in [5, 5.41) is 14.6. The van der Waals surface area contributed by atoms with Crippen molar-refractivity contribution in [1.82, 2.24) is 0 Å². The van der Waals surface area contributed by atoms with Crippen molar-refractivity contribution in [2.75, 3.05) is 11.9 Å². The summed E-state index contributed by atoms with van der Waals surface area (Å²) in [6.45, 7) is 2.67. The normalized spacial score (nSPS) is 11.9. The molecule has 1 unspecified atom stereocenters. The van der Waals surface area contributed by atoms with Crippen molar-refractivity contribution in [3.63, 3.8) is 0 Å². The maximum Gasteiger partial charge on any atom is 0.292 e. The van der Waals surface area contributed by atoms with Crippen LogP contribution in [0.4, 0.5) is 11.4 Å². The van der Waals surface area contributed by atoms with E-state index in [2.05, 4.69) is 12.2 Å². The minimum atomic E-state index is -0.411. The summed E-state index contributed by atoms with van der Waals surface area (Å²) in [5.41, 5.74) is 1.67. The van der Waals surface area contributed by atoms with E-state index < -0.39 is 4.92 Å². The first-order valence-corrected chi connectivity index (χ1v) is 6.68. The van der Waals surface area contributed by atoms with Crippen LogP contribution in [0.15, 0.2) is 48.5 Å². The Balaban J connectivity index is 2.11. The summed E-state index contributed by atoms with van der Waals surface area (Å²) < 4.78 is 0. The summed E-state index contributed by atoms with van der Waals surface area (Å²) >= 11 is 5.89. The molecule has 0 heterocycles. The Labute approximate surface area is 122 Å². The predicted octanol–water partition coefficient (Wildman–Crippen LogP) is 4.46. The quantitative estimate of drug-likeness (QED) is 0.653. The highest BCUT2D eigenvalue weighted by Crippen LogP contribution is 2.28. The van der Waals surface area contributed by atoms with Gasteiger partial charge in [0.05, 0.1) is 4.92 Å². The van der Waals surface area contributed by atoms with Gasteiger partial charge in [0, 0.05) is 17.6 Å². The highest BCUT2D eigenvalue weighted by molar-refractivity contribution is 6.31. The van der Waals surface area contributed by atoms with E-state index in [9.17, 15) is 10.1 Å². The van der Waals surface area contributed by atoms with Gasteiger partial charge < -0.3 is 5.32 Å². The second-order valence-electron chi connectivity index (χ2n) is 4.61. The molecule has 0 radical (unpaired) electrons. The molecule has 0 fully saturated rings. The first kappa shape index (κ1) is 14.3. The van der Waals surface area contributed by atoms with Crippen molar-refractivity contribution in [2.24, 2.45) is 0 Å². The summed E-state index contributed by atoms with van der Waals surface area (Å²) in [5.74, 6) is 0.245. The van der Waals surface area contributed by atoms with E-state index in [4.69, 9.17) is 11.6 Å². The summed E-state index contributed by atoms with van der Waals surface area (Å²) in [6, 6.07) is 14.5. The molecule has 104 valence electrons. The molecular weight excluding hydrogens is 276 g/mol. The van der Waals surface area contributed by atoms with E-state index >= 15 is 0 Å². The van der Waals surface area contributed by atoms with Crippen LogP contribution in [0.25, 0.3) is 0 Å². The van der Waals surface area contributed by atoms with Gasteiger partial charge in [-0.2, -0.15) is 0 Å². The van der Waals surface area contributed by atoms with Crippen molar-refractivity contribution in [3.05, 3.63) is 69.2 Å². The standard InChI is InChI=1S/C15H15ClN2O2/c1-11(12-5-3-2-4-6-12)10-17-14-9-13(16)7-8-15(14)18(19)20/h2-9,11,17H,10H2,1H3. The number of nitro benzene ring substituents is 1.